The van der Waals surface area contributed by atoms with Crippen LogP contribution in [0.15, 0.2) is 22.3 Å². The van der Waals surface area contributed by atoms with Crippen LogP contribution < -0.4 is 10.9 Å². The van der Waals surface area contributed by atoms with E-state index in [-0.39, 0.29) is 29.8 Å². The monoisotopic (exact) mass is 499 g/mol. The highest BCUT2D eigenvalue weighted by Crippen LogP contribution is 2.33. The van der Waals surface area contributed by atoms with Crippen molar-refractivity contribution in [1.29, 1.82) is 0 Å². The molecule has 3 aromatic rings. The van der Waals surface area contributed by atoms with Crippen LogP contribution >= 0.6 is 22.7 Å². The van der Waals surface area contributed by atoms with E-state index in [0.29, 0.717) is 25.5 Å². The molecule has 0 saturated carbocycles. The minimum Gasteiger partial charge on any atom is -0.348 e. The average molecular weight is 500 g/mol. The standard InChI is InChI=1S/C24H29N5O3S2/c1-15(30)25-17(19-7-4-12-33-19)13-21(31)29-10-8-28(9-11-29)14-20-26-23(32)22-16-5-2-3-6-18(16)34-24(22)27-20/h4,7,12,17H,2-3,5-6,8-11,13-14H2,1H3,(H,25,30)(H,26,27,32). The molecule has 1 aliphatic heterocycles. The highest BCUT2D eigenvalue weighted by Gasteiger charge is 2.26. The highest BCUT2D eigenvalue weighted by atomic mass is 32.1. The Hall–Kier alpha value is -2.56. The third kappa shape index (κ3) is 4.94. The number of rotatable bonds is 6. The second-order valence-corrected chi connectivity index (χ2v) is 11.1. The Morgan fingerprint density at radius 3 is 2.74 bits per heavy atom. The van der Waals surface area contributed by atoms with Crippen molar-refractivity contribution in [2.24, 2.45) is 0 Å². The van der Waals surface area contributed by atoms with E-state index in [2.05, 4.69) is 15.2 Å². The summed E-state index contributed by atoms with van der Waals surface area (Å²) >= 11 is 3.22. The van der Waals surface area contributed by atoms with E-state index in [9.17, 15) is 14.4 Å². The number of aromatic nitrogens is 2. The van der Waals surface area contributed by atoms with Crippen molar-refractivity contribution < 1.29 is 9.59 Å². The van der Waals surface area contributed by atoms with Gasteiger partial charge in [-0.1, -0.05) is 6.07 Å². The molecule has 1 fully saturated rings. The van der Waals surface area contributed by atoms with Gasteiger partial charge in [-0.25, -0.2) is 4.98 Å². The number of aryl methyl sites for hydroxylation is 2. The Bertz CT molecular complexity index is 1240. The lowest BCUT2D eigenvalue weighted by atomic mass is 9.97. The second kappa shape index (κ2) is 9.97. The van der Waals surface area contributed by atoms with Gasteiger partial charge < -0.3 is 15.2 Å². The van der Waals surface area contributed by atoms with Crippen LogP contribution in [-0.2, 0) is 29.0 Å². The number of carbonyl (C=O) groups excluding carboxylic acids is 2. The molecule has 5 rings (SSSR count). The summed E-state index contributed by atoms with van der Waals surface area (Å²) in [6, 6.07) is 3.59. The minimum absolute atomic E-state index is 0.0224. The molecular weight excluding hydrogens is 470 g/mol. The molecule has 0 bridgehead atoms. The van der Waals surface area contributed by atoms with E-state index >= 15 is 0 Å². The van der Waals surface area contributed by atoms with Crippen LogP contribution in [0.2, 0.25) is 0 Å². The summed E-state index contributed by atoms with van der Waals surface area (Å²) in [5, 5.41) is 5.65. The van der Waals surface area contributed by atoms with Crippen LogP contribution in [0.25, 0.3) is 10.2 Å². The van der Waals surface area contributed by atoms with Crippen molar-refractivity contribution in [3.8, 4) is 0 Å². The first kappa shape index (κ1) is 23.2. The topological polar surface area (TPSA) is 98.4 Å². The lowest BCUT2D eigenvalue weighted by molar-refractivity contribution is -0.133. The van der Waals surface area contributed by atoms with Crippen LogP contribution in [0.4, 0.5) is 0 Å². The molecular formula is C24H29N5O3S2. The van der Waals surface area contributed by atoms with Gasteiger partial charge in [-0.15, -0.1) is 22.7 Å². The van der Waals surface area contributed by atoms with Gasteiger partial charge in [0.25, 0.3) is 5.56 Å². The number of nitrogens with zero attached hydrogens (tertiary/aromatic N) is 3. The molecule has 4 heterocycles. The number of carbonyl (C=O) groups is 2. The lowest BCUT2D eigenvalue weighted by Gasteiger charge is -2.35. The zero-order chi connectivity index (χ0) is 23.7. The van der Waals surface area contributed by atoms with Crippen molar-refractivity contribution >= 4 is 44.7 Å². The van der Waals surface area contributed by atoms with Crippen LogP contribution in [0, 0.1) is 0 Å². The Morgan fingerprint density at radius 1 is 1.21 bits per heavy atom. The van der Waals surface area contributed by atoms with Crippen LogP contribution in [0.1, 0.15) is 53.4 Å². The van der Waals surface area contributed by atoms with Crippen LogP contribution in [0.3, 0.4) is 0 Å². The van der Waals surface area contributed by atoms with Crippen LogP contribution in [0.5, 0.6) is 0 Å². The molecule has 2 aliphatic rings. The summed E-state index contributed by atoms with van der Waals surface area (Å²) in [5.41, 5.74) is 1.18. The molecule has 0 aromatic carbocycles. The fourth-order valence-corrected chi connectivity index (χ4v) is 6.97. The molecule has 2 N–H and O–H groups in total. The second-order valence-electron chi connectivity index (χ2n) is 9.03. The van der Waals surface area contributed by atoms with Crippen molar-refractivity contribution in [2.45, 2.75) is 51.6 Å². The summed E-state index contributed by atoms with van der Waals surface area (Å²) < 4.78 is 0. The van der Waals surface area contributed by atoms with Gasteiger partial charge in [0.1, 0.15) is 10.7 Å². The number of hydrogen-bond donors (Lipinski definition) is 2. The minimum atomic E-state index is -0.291. The molecule has 1 atom stereocenters. The average Bonchev–Trinajstić information content (AvgIpc) is 3.47. The van der Waals surface area contributed by atoms with Gasteiger partial charge in [-0.05, 0) is 42.7 Å². The summed E-state index contributed by atoms with van der Waals surface area (Å²) in [6.07, 6.45) is 4.62. The van der Waals surface area contributed by atoms with Crippen molar-refractivity contribution in [2.75, 3.05) is 26.2 Å². The molecule has 10 heteroatoms. The van der Waals surface area contributed by atoms with E-state index in [0.717, 1.165) is 47.4 Å². The zero-order valence-corrected chi connectivity index (χ0v) is 20.9. The predicted molar refractivity (Wildman–Crippen MR) is 134 cm³/mol. The van der Waals surface area contributed by atoms with E-state index in [1.807, 2.05) is 22.4 Å². The number of amides is 2. The van der Waals surface area contributed by atoms with Gasteiger partial charge >= 0.3 is 0 Å². The highest BCUT2D eigenvalue weighted by molar-refractivity contribution is 7.18. The van der Waals surface area contributed by atoms with E-state index in [4.69, 9.17) is 4.98 Å². The summed E-state index contributed by atoms with van der Waals surface area (Å²) in [7, 11) is 0. The third-order valence-corrected chi connectivity index (χ3v) is 8.79. The van der Waals surface area contributed by atoms with Crippen molar-refractivity contribution in [1.82, 2.24) is 25.1 Å². The van der Waals surface area contributed by atoms with Gasteiger partial charge in [0.15, 0.2) is 0 Å². The smallest absolute Gasteiger partial charge is 0.259 e. The first-order valence-corrected chi connectivity index (χ1v) is 13.5. The number of aromatic amines is 1. The number of nitrogens with one attached hydrogen (secondary N) is 2. The Balaban J connectivity index is 1.20. The number of thiophene rings is 2. The lowest BCUT2D eigenvalue weighted by Crippen LogP contribution is -2.49. The summed E-state index contributed by atoms with van der Waals surface area (Å²) in [6.45, 7) is 4.73. The maximum Gasteiger partial charge on any atom is 0.259 e. The quantitative estimate of drug-likeness (QED) is 0.544. The van der Waals surface area contributed by atoms with Gasteiger partial charge in [-0.3, -0.25) is 19.3 Å². The summed E-state index contributed by atoms with van der Waals surface area (Å²) in [5.74, 6) is 0.601. The van der Waals surface area contributed by atoms with Gasteiger partial charge in [0.2, 0.25) is 11.8 Å². The molecule has 8 nitrogen and oxygen atoms in total. The molecule has 1 unspecified atom stereocenters. The van der Waals surface area contributed by atoms with E-state index in [1.54, 1.807) is 22.7 Å². The maximum absolute atomic E-state index is 12.9. The maximum atomic E-state index is 12.9. The molecule has 0 spiro atoms. The predicted octanol–water partition coefficient (Wildman–Crippen LogP) is 2.84. The third-order valence-electron chi connectivity index (χ3n) is 6.62. The van der Waals surface area contributed by atoms with E-state index < -0.39 is 0 Å². The Kier molecular flexibility index (Phi) is 6.80. The molecule has 34 heavy (non-hydrogen) atoms. The fourth-order valence-electron chi connectivity index (χ4n) is 4.91. The van der Waals surface area contributed by atoms with Gasteiger partial charge in [0.05, 0.1) is 24.4 Å². The molecule has 3 aromatic heterocycles. The Morgan fingerprint density at radius 2 is 2.00 bits per heavy atom. The first-order valence-electron chi connectivity index (χ1n) is 11.8. The fraction of sp³-hybridized carbons (Fsp3) is 0.500. The molecule has 0 radical (unpaired) electrons. The van der Waals surface area contributed by atoms with Gasteiger partial charge in [0, 0.05) is 42.9 Å². The van der Waals surface area contributed by atoms with Crippen molar-refractivity contribution in [3.05, 3.63) is 49.0 Å². The Labute approximate surface area is 206 Å². The number of H-pyrrole nitrogens is 1. The van der Waals surface area contributed by atoms with Crippen molar-refractivity contribution in [3.63, 3.8) is 0 Å². The zero-order valence-electron chi connectivity index (χ0n) is 19.3. The largest absolute Gasteiger partial charge is 0.348 e. The number of piperazine rings is 1. The molecule has 1 saturated heterocycles. The SMILES string of the molecule is CC(=O)NC(CC(=O)N1CCN(Cc2nc3sc4c(c3c(=O)[nH]2)CCCC4)CC1)c1cccs1. The molecule has 180 valence electrons. The molecule has 2 amide bonds. The van der Waals surface area contributed by atoms with Crippen LogP contribution in [-0.4, -0.2) is 57.8 Å². The number of hydrogen-bond acceptors (Lipinski definition) is 7. The first-order chi connectivity index (χ1) is 16.5. The number of fused-ring (bicyclic) bond motifs is 3. The normalized spacial score (nSPS) is 17.5. The molecule has 1 aliphatic carbocycles. The summed E-state index contributed by atoms with van der Waals surface area (Å²) in [4.78, 5) is 52.4. The van der Waals surface area contributed by atoms with E-state index in [1.165, 1.54) is 23.8 Å². The van der Waals surface area contributed by atoms with Gasteiger partial charge in [-0.2, -0.15) is 0 Å².